The highest BCUT2D eigenvalue weighted by Crippen LogP contribution is 2.27. The van der Waals surface area contributed by atoms with Crippen molar-refractivity contribution in [2.75, 3.05) is 20.2 Å². The number of hydrogen-bond donors (Lipinski definition) is 0. The quantitative estimate of drug-likeness (QED) is 0.848. The summed E-state index contributed by atoms with van der Waals surface area (Å²) in [4.78, 5) is 14.5. The summed E-state index contributed by atoms with van der Waals surface area (Å²) >= 11 is 0. The largest absolute Gasteiger partial charge is 0.492 e. The van der Waals surface area contributed by atoms with Gasteiger partial charge in [0, 0.05) is 25.8 Å². The zero-order valence-corrected chi connectivity index (χ0v) is 14.7. The van der Waals surface area contributed by atoms with E-state index in [0.717, 1.165) is 42.9 Å². The number of ether oxygens (including phenoxy) is 1. The van der Waals surface area contributed by atoms with Gasteiger partial charge < -0.3 is 9.64 Å². The summed E-state index contributed by atoms with van der Waals surface area (Å²) in [5.41, 5.74) is 3.33. The fourth-order valence-corrected chi connectivity index (χ4v) is 3.27. The number of benzene rings is 1. The number of carbonyl (C=O) groups is 1. The monoisotopic (exact) mass is 327 g/mol. The number of rotatable bonds is 5. The molecule has 0 unspecified atom stereocenters. The van der Waals surface area contributed by atoms with Crippen LogP contribution in [0.15, 0.2) is 30.3 Å². The van der Waals surface area contributed by atoms with Gasteiger partial charge in [-0.15, -0.1) is 0 Å². The average Bonchev–Trinajstić information content (AvgIpc) is 2.91. The molecule has 0 aliphatic carbocycles. The Hall–Kier alpha value is -2.30. The van der Waals surface area contributed by atoms with Gasteiger partial charge in [-0.05, 0) is 44.4 Å². The Kier molecular flexibility index (Phi) is 4.88. The normalized spacial score (nSPS) is 16.4. The van der Waals surface area contributed by atoms with Gasteiger partial charge in [0.2, 0.25) is 5.91 Å². The van der Waals surface area contributed by atoms with E-state index in [4.69, 9.17) is 4.74 Å². The Morgan fingerprint density at radius 2 is 2.17 bits per heavy atom. The molecule has 0 saturated heterocycles. The first kappa shape index (κ1) is 16.6. The molecule has 1 aromatic carbocycles. The van der Waals surface area contributed by atoms with E-state index in [1.54, 1.807) is 0 Å². The van der Waals surface area contributed by atoms with Crippen LogP contribution in [0.5, 0.6) is 5.75 Å². The first-order chi connectivity index (χ1) is 11.5. The van der Waals surface area contributed by atoms with E-state index in [9.17, 15) is 4.79 Å². The molecule has 1 aromatic heterocycles. The zero-order chi connectivity index (χ0) is 17.1. The van der Waals surface area contributed by atoms with E-state index in [0.29, 0.717) is 6.61 Å². The Morgan fingerprint density at radius 3 is 2.92 bits per heavy atom. The molecule has 128 valence electrons. The summed E-state index contributed by atoms with van der Waals surface area (Å²) < 4.78 is 7.75. The van der Waals surface area contributed by atoms with Crippen LogP contribution in [-0.4, -0.2) is 40.8 Å². The van der Waals surface area contributed by atoms with E-state index >= 15 is 0 Å². The minimum atomic E-state index is -0.0846. The molecule has 5 heteroatoms. The van der Waals surface area contributed by atoms with Gasteiger partial charge in [-0.25, -0.2) is 0 Å². The lowest BCUT2D eigenvalue weighted by Gasteiger charge is -2.28. The van der Waals surface area contributed by atoms with Crippen LogP contribution < -0.4 is 4.74 Å². The van der Waals surface area contributed by atoms with Crippen molar-refractivity contribution in [2.24, 2.45) is 5.92 Å². The molecule has 0 N–H and O–H groups in total. The molecule has 5 nitrogen and oxygen atoms in total. The maximum atomic E-state index is 12.6. The lowest BCUT2D eigenvalue weighted by molar-refractivity contribution is -0.135. The van der Waals surface area contributed by atoms with E-state index in [2.05, 4.69) is 18.1 Å². The van der Waals surface area contributed by atoms with Gasteiger partial charge in [-0.1, -0.05) is 18.2 Å². The van der Waals surface area contributed by atoms with Gasteiger partial charge in [0.05, 0.1) is 11.6 Å². The topological polar surface area (TPSA) is 47.4 Å². The Labute approximate surface area is 143 Å². The van der Waals surface area contributed by atoms with E-state index in [1.807, 2.05) is 47.8 Å². The van der Waals surface area contributed by atoms with Gasteiger partial charge in [0.25, 0.3) is 0 Å². The third-order valence-electron chi connectivity index (χ3n) is 4.57. The number of carbonyl (C=O) groups excluding carboxylic acids is 1. The molecule has 0 spiro atoms. The molecule has 1 atom stereocenters. The van der Waals surface area contributed by atoms with Crippen LogP contribution in [0.3, 0.4) is 0 Å². The van der Waals surface area contributed by atoms with Crippen LogP contribution in [0.25, 0.3) is 0 Å². The standard InChI is InChI=1S/C19H25N3O2/c1-14-11-15(2)22(20-14)10-6-9-21(3)19(23)17-12-16-7-4-5-8-18(16)24-13-17/h4-5,7-8,11,17H,6,9-10,12-13H2,1-3H3/t17-/m1/s1. The summed E-state index contributed by atoms with van der Waals surface area (Å²) in [6.45, 7) is 6.10. The molecule has 24 heavy (non-hydrogen) atoms. The summed E-state index contributed by atoms with van der Waals surface area (Å²) in [6, 6.07) is 10.0. The summed E-state index contributed by atoms with van der Waals surface area (Å²) in [7, 11) is 1.88. The summed E-state index contributed by atoms with van der Waals surface area (Å²) in [5, 5.41) is 4.46. The van der Waals surface area contributed by atoms with Crippen molar-refractivity contribution < 1.29 is 9.53 Å². The first-order valence-electron chi connectivity index (χ1n) is 8.51. The van der Waals surface area contributed by atoms with Crippen molar-refractivity contribution in [3.05, 3.63) is 47.3 Å². The fraction of sp³-hybridized carbons (Fsp3) is 0.474. The second kappa shape index (κ2) is 7.07. The first-order valence-corrected chi connectivity index (χ1v) is 8.51. The van der Waals surface area contributed by atoms with Crippen LogP contribution in [0.2, 0.25) is 0 Å². The Balaban J connectivity index is 1.51. The molecular weight excluding hydrogens is 302 g/mol. The van der Waals surface area contributed by atoms with Crippen LogP contribution in [-0.2, 0) is 17.8 Å². The van der Waals surface area contributed by atoms with Crippen molar-refractivity contribution in [2.45, 2.75) is 33.2 Å². The Bertz CT molecular complexity index is 723. The number of aromatic nitrogens is 2. The van der Waals surface area contributed by atoms with Crippen LogP contribution >= 0.6 is 0 Å². The highest BCUT2D eigenvalue weighted by atomic mass is 16.5. The van der Waals surface area contributed by atoms with Crippen LogP contribution in [0.1, 0.15) is 23.4 Å². The number of aryl methyl sites for hydroxylation is 3. The zero-order valence-electron chi connectivity index (χ0n) is 14.7. The number of fused-ring (bicyclic) bond motifs is 1. The molecule has 0 bridgehead atoms. The van der Waals surface area contributed by atoms with Gasteiger partial charge in [-0.3, -0.25) is 9.48 Å². The van der Waals surface area contributed by atoms with Gasteiger partial charge in [0.1, 0.15) is 12.4 Å². The summed E-state index contributed by atoms with van der Waals surface area (Å²) in [5.74, 6) is 0.991. The third-order valence-corrected chi connectivity index (χ3v) is 4.57. The Morgan fingerprint density at radius 1 is 1.38 bits per heavy atom. The van der Waals surface area contributed by atoms with Crippen molar-refractivity contribution in [1.82, 2.24) is 14.7 Å². The molecule has 3 rings (SSSR count). The van der Waals surface area contributed by atoms with Crippen molar-refractivity contribution in [3.63, 3.8) is 0 Å². The molecule has 0 saturated carbocycles. The van der Waals surface area contributed by atoms with E-state index in [1.165, 1.54) is 5.69 Å². The fourth-order valence-electron chi connectivity index (χ4n) is 3.27. The van der Waals surface area contributed by atoms with Crippen LogP contribution in [0, 0.1) is 19.8 Å². The number of hydrogen-bond acceptors (Lipinski definition) is 3. The molecule has 0 radical (unpaired) electrons. The smallest absolute Gasteiger partial charge is 0.229 e. The van der Waals surface area contributed by atoms with E-state index < -0.39 is 0 Å². The second-order valence-corrected chi connectivity index (χ2v) is 6.58. The molecule has 0 fully saturated rings. The number of nitrogens with zero attached hydrogens (tertiary/aromatic N) is 3. The molecule has 1 amide bonds. The number of amides is 1. The molecule has 1 aliphatic rings. The lowest BCUT2D eigenvalue weighted by atomic mass is 9.95. The predicted octanol–water partition coefficient (Wildman–Crippen LogP) is 2.60. The predicted molar refractivity (Wildman–Crippen MR) is 93.1 cm³/mol. The van der Waals surface area contributed by atoms with Gasteiger partial charge in [-0.2, -0.15) is 5.10 Å². The molecule has 2 heterocycles. The maximum Gasteiger partial charge on any atom is 0.229 e. The second-order valence-electron chi connectivity index (χ2n) is 6.58. The van der Waals surface area contributed by atoms with Gasteiger partial charge in [0.15, 0.2) is 0 Å². The SMILES string of the molecule is Cc1cc(C)n(CCCN(C)C(=O)[C@H]2COc3ccccc3C2)n1. The molecular formula is C19H25N3O2. The lowest BCUT2D eigenvalue weighted by Crippen LogP contribution is -2.39. The molecule has 1 aliphatic heterocycles. The van der Waals surface area contributed by atoms with Crippen LogP contribution in [0.4, 0.5) is 0 Å². The van der Waals surface area contributed by atoms with Crippen molar-refractivity contribution in [3.8, 4) is 5.75 Å². The third kappa shape index (κ3) is 3.61. The minimum Gasteiger partial charge on any atom is -0.492 e. The van der Waals surface area contributed by atoms with Crippen molar-refractivity contribution >= 4 is 5.91 Å². The average molecular weight is 327 g/mol. The van der Waals surface area contributed by atoms with Crippen molar-refractivity contribution in [1.29, 1.82) is 0 Å². The maximum absolute atomic E-state index is 12.6. The number of para-hydroxylation sites is 1. The summed E-state index contributed by atoms with van der Waals surface area (Å²) in [6.07, 6.45) is 1.66. The molecule has 2 aromatic rings. The highest BCUT2D eigenvalue weighted by molar-refractivity contribution is 5.79. The van der Waals surface area contributed by atoms with Gasteiger partial charge >= 0.3 is 0 Å². The minimum absolute atomic E-state index is 0.0846. The highest BCUT2D eigenvalue weighted by Gasteiger charge is 2.27. The van der Waals surface area contributed by atoms with E-state index in [-0.39, 0.29) is 11.8 Å².